The summed E-state index contributed by atoms with van der Waals surface area (Å²) in [7, 11) is 1.87. The maximum absolute atomic E-state index is 11.0. The fourth-order valence-electron chi connectivity index (χ4n) is 1.07. The highest BCUT2D eigenvalue weighted by Crippen LogP contribution is 2.13. The first-order valence-electron chi connectivity index (χ1n) is 4.15. The minimum absolute atomic E-state index is 0.211. The third-order valence-electron chi connectivity index (χ3n) is 1.72. The second kappa shape index (κ2) is 4.64. The van der Waals surface area contributed by atoms with Crippen LogP contribution in [0.3, 0.4) is 0 Å². The number of ether oxygens (including phenoxy) is 1. The van der Waals surface area contributed by atoms with Crippen LogP contribution in [-0.4, -0.2) is 30.5 Å². The van der Waals surface area contributed by atoms with E-state index < -0.39 is 6.09 Å². The molecule has 1 aliphatic heterocycles. The van der Waals surface area contributed by atoms with Gasteiger partial charge in [0.05, 0.1) is 6.54 Å². The number of hydrogen-bond donors (Lipinski definition) is 0. The molecule has 1 heterocycles. The molecule has 0 aromatic heterocycles. The Balaban J connectivity index is 2.44. The first-order valence-corrected chi connectivity index (χ1v) is 4.15. The zero-order valence-electron chi connectivity index (χ0n) is 7.69. The molecule has 1 saturated heterocycles. The van der Waals surface area contributed by atoms with Gasteiger partial charge in [-0.2, -0.15) is 4.99 Å². The number of amidine groups is 1. The fraction of sp³-hybridized carbons (Fsp3) is 0.444. The highest BCUT2D eigenvalue weighted by atomic mass is 16.5. The average Bonchev–Trinajstić information content (AvgIpc) is 2.48. The standard InChI is InChI=1S/C9H13N2O2/c1-3-7-13-9(12)10-8-5-4-6-11(8)2/h3,6H,1,4-5,7H2,2H3. The SMILES string of the molecule is C=CCOC(=O)N=C1CC[CH]N1C. The Morgan fingerprint density at radius 2 is 2.69 bits per heavy atom. The topological polar surface area (TPSA) is 41.9 Å². The molecule has 1 fully saturated rings. The van der Waals surface area contributed by atoms with Gasteiger partial charge in [0.2, 0.25) is 0 Å². The molecular weight excluding hydrogens is 168 g/mol. The maximum atomic E-state index is 11.0. The van der Waals surface area contributed by atoms with E-state index in [1.54, 1.807) is 0 Å². The lowest BCUT2D eigenvalue weighted by molar-refractivity contribution is 0.169. The highest BCUT2D eigenvalue weighted by Gasteiger charge is 2.16. The summed E-state index contributed by atoms with van der Waals surface area (Å²) in [4.78, 5) is 16.6. The quantitative estimate of drug-likeness (QED) is 0.607. The Hall–Kier alpha value is -1.32. The summed E-state index contributed by atoms with van der Waals surface area (Å²) in [6, 6.07) is 0. The molecule has 0 unspecified atom stereocenters. The van der Waals surface area contributed by atoms with Gasteiger partial charge >= 0.3 is 6.09 Å². The molecule has 0 spiro atoms. The van der Waals surface area contributed by atoms with Crippen molar-refractivity contribution < 1.29 is 9.53 Å². The van der Waals surface area contributed by atoms with Gasteiger partial charge in [-0.1, -0.05) is 12.7 Å². The largest absolute Gasteiger partial charge is 0.444 e. The molecule has 0 saturated carbocycles. The smallest absolute Gasteiger partial charge is 0.435 e. The summed E-state index contributed by atoms with van der Waals surface area (Å²) in [5, 5.41) is 0. The molecule has 0 N–H and O–H groups in total. The van der Waals surface area contributed by atoms with Gasteiger partial charge in [0, 0.05) is 13.5 Å². The van der Waals surface area contributed by atoms with Crippen molar-refractivity contribution in [2.45, 2.75) is 12.8 Å². The van der Waals surface area contributed by atoms with Crippen molar-refractivity contribution in [3.8, 4) is 0 Å². The summed E-state index contributed by atoms with van der Waals surface area (Å²) in [5.74, 6) is 0.758. The van der Waals surface area contributed by atoms with Crippen LogP contribution in [0, 0.1) is 6.54 Å². The van der Waals surface area contributed by atoms with E-state index in [2.05, 4.69) is 11.6 Å². The summed E-state index contributed by atoms with van der Waals surface area (Å²) in [5.41, 5.74) is 0. The summed E-state index contributed by atoms with van der Waals surface area (Å²) in [6.45, 7) is 5.63. The fourth-order valence-corrected chi connectivity index (χ4v) is 1.07. The molecule has 1 radical (unpaired) electrons. The third-order valence-corrected chi connectivity index (χ3v) is 1.72. The van der Waals surface area contributed by atoms with Crippen LogP contribution >= 0.6 is 0 Å². The Labute approximate surface area is 77.9 Å². The second-order valence-corrected chi connectivity index (χ2v) is 2.73. The number of nitrogens with zero attached hydrogens (tertiary/aromatic N) is 2. The van der Waals surface area contributed by atoms with Crippen molar-refractivity contribution in [2.75, 3.05) is 13.7 Å². The molecule has 4 nitrogen and oxygen atoms in total. The minimum Gasteiger partial charge on any atom is -0.444 e. The van der Waals surface area contributed by atoms with E-state index in [-0.39, 0.29) is 6.61 Å². The monoisotopic (exact) mass is 181 g/mol. The van der Waals surface area contributed by atoms with Crippen LogP contribution in [0.2, 0.25) is 0 Å². The lowest BCUT2D eigenvalue weighted by Gasteiger charge is -2.09. The molecule has 71 valence electrons. The zero-order chi connectivity index (χ0) is 9.68. The number of likely N-dealkylation sites (tertiary alicyclic amines) is 1. The van der Waals surface area contributed by atoms with Gasteiger partial charge in [-0.25, -0.2) is 4.79 Å². The number of amides is 1. The summed E-state index contributed by atoms with van der Waals surface area (Å²) < 4.78 is 4.72. The number of hydrogen-bond acceptors (Lipinski definition) is 2. The van der Waals surface area contributed by atoms with E-state index in [4.69, 9.17) is 4.74 Å². The van der Waals surface area contributed by atoms with E-state index in [9.17, 15) is 4.79 Å². The van der Waals surface area contributed by atoms with Crippen LogP contribution in [0.15, 0.2) is 17.6 Å². The molecule has 0 atom stereocenters. The molecule has 1 rings (SSSR count). The predicted molar refractivity (Wildman–Crippen MR) is 50.3 cm³/mol. The second-order valence-electron chi connectivity index (χ2n) is 2.73. The summed E-state index contributed by atoms with van der Waals surface area (Å²) in [6.07, 6.45) is 2.71. The van der Waals surface area contributed by atoms with Crippen molar-refractivity contribution in [3.05, 3.63) is 19.2 Å². The molecule has 4 heteroatoms. The van der Waals surface area contributed by atoms with E-state index in [0.717, 1.165) is 18.7 Å². The lowest BCUT2D eigenvalue weighted by Crippen LogP contribution is -2.18. The van der Waals surface area contributed by atoms with Crippen molar-refractivity contribution >= 4 is 11.9 Å². The van der Waals surface area contributed by atoms with Crippen molar-refractivity contribution in [1.29, 1.82) is 0 Å². The van der Waals surface area contributed by atoms with E-state index >= 15 is 0 Å². The van der Waals surface area contributed by atoms with Crippen molar-refractivity contribution in [2.24, 2.45) is 4.99 Å². The van der Waals surface area contributed by atoms with Gasteiger partial charge in [-0.05, 0) is 6.42 Å². The van der Waals surface area contributed by atoms with Gasteiger partial charge < -0.3 is 9.64 Å². The van der Waals surface area contributed by atoms with Crippen LogP contribution in [0.25, 0.3) is 0 Å². The average molecular weight is 181 g/mol. The van der Waals surface area contributed by atoms with Gasteiger partial charge in [0.1, 0.15) is 12.4 Å². The first-order chi connectivity index (χ1) is 6.24. The van der Waals surface area contributed by atoms with Gasteiger partial charge in [-0.15, -0.1) is 0 Å². The number of carbonyl (C=O) groups excluding carboxylic acids is 1. The normalized spacial score (nSPS) is 19.2. The molecule has 0 bridgehead atoms. The number of aliphatic imine (C=N–C) groups is 1. The van der Waals surface area contributed by atoms with E-state index in [1.165, 1.54) is 6.08 Å². The van der Waals surface area contributed by atoms with Crippen LogP contribution in [0.4, 0.5) is 4.79 Å². The first kappa shape index (κ1) is 9.77. The maximum Gasteiger partial charge on any atom is 0.435 e. The Morgan fingerprint density at radius 3 is 3.23 bits per heavy atom. The number of carbonyl (C=O) groups is 1. The third kappa shape index (κ3) is 2.89. The molecule has 13 heavy (non-hydrogen) atoms. The lowest BCUT2D eigenvalue weighted by atomic mass is 10.4. The van der Waals surface area contributed by atoms with Crippen LogP contribution in [0.1, 0.15) is 12.8 Å². The van der Waals surface area contributed by atoms with Gasteiger partial charge in [0.15, 0.2) is 0 Å². The Bertz CT molecular complexity index is 236. The van der Waals surface area contributed by atoms with Crippen LogP contribution in [0.5, 0.6) is 0 Å². The molecular formula is C9H13N2O2. The minimum atomic E-state index is -0.544. The Morgan fingerprint density at radius 1 is 1.92 bits per heavy atom. The Kier molecular flexibility index (Phi) is 3.49. The van der Waals surface area contributed by atoms with E-state index in [1.807, 2.05) is 18.5 Å². The number of rotatable bonds is 2. The van der Waals surface area contributed by atoms with Crippen molar-refractivity contribution in [3.63, 3.8) is 0 Å². The van der Waals surface area contributed by atoms with Gasteiger partial charge in [-0.3, -0.25) is 0 Å². The van der Waals surface area contributed by atoms with Gasteiger partial charge in [0.25, 0.3) is 0 Å². The van der Waals surface area contributed by atoms with Crippen LogP contribution < -0.4 is 0 Å². The summed E-state index contributed by atoms with van der Waals surface area (Å²) >= 11 is 0. The predicted octanol–water partition coefficient (Wildman–Crippen LogP) is 1.59. The highest BCUT2D eigenvalue weighted by molar-refractivity contribution is 5.93. The zero-order valence-corrected chi connectivity index (χ0v) is 7.69. The van der Waals surface area contributed by atoms with Crippen LogP contribution in [-0.2, 0) is 4.74 Å². The molecule has 0 aromatic rings. The van der Waals surface area contributed by atoms with Crippen molar-refractivity contribution in [1.82, 2.24) is 4.90 Å². The molecule has 1 aliphatic rings. The molecule has 0 aromatic carbocycles. The van der Waals surface area contributed by atoms with E-state index in [0.29, 0.717) is 0 Å². The molecule has 0 aliphatic carbocycles. The molecule has 1 amide bonds.